The Morgan fingerprint density at radius 2 is 1.94 bits per heavy atom. The Bertz CT molecular complexity index is 423. The van der Waals surface area contributed by atoms with Crippen molar-refractivity contribution in [2.75, 3.05) is 5.75 Å². The van der Waals surface area contributed by atoms with Crippen LogP contribution in [-0.2, 0) is 6.54 Å². The van der Waals surface area contributed by atoms with E-state index in [2.05, 4.69) is 34.3 Å². The predicted octanol–water partition coefficient (Wildman–Crippen LogP) is 3.26. The van der Waals surface area contributed by atoms with Crippen LogP contribution in [0, 0.1) is 0 Å². The number of hydrogen-bond donors (Lipinski definition) is 1. The molecule has 0 bridgehead atoms. The van der Waals surface area contributed by atoms with Gasteiger partial charge in [0, 0.05) is 24.5 Å². The number of benzene rings is 1. The molecule has 0 fully saturated rings. The van der Waals surface area contributed by atoms with Crippen LogP contribution >= 0.6 is 12.6 Å². The molecule has 3 heteroatoms. The van der Waals surface area contributed by atoms with Crippen LogP contribution in [0.2, 0.25) is 0 Å². The maximum absolute atomic E-state index is 4.41. The van der Waals surface area contributed by atoms with Crippen molar-refractivity contribution in [2.24, 2.45) is 0 Å². The molecular formula is C13H16N2S. The Hall–Kier alpha value is -1.22. The topological polar surface area (TPSA) is 17.8 Å². The largest absolute Gasteiger partial charge is 0.331 e. The minimum atomic E-state index is 0.954. The minimum Gasteiger partial charge on any atom is -0.331 e. The molecule has 0 aliphatic carbocycles. The summed E-state index contributed by atoms with van der Waals surface area (Å²) in [6, 6.07) is 10.3. The van der Waals surface area contributed by atoms with Crippen LogP contribution in [0.1, 0.15) is 12.8 Å². The van der Waals surface area contributed by atoms with E-state index in [4.69, 9.17) is 0 Å². The average Bonchev–Trinajstić information content (AvgIpc) is 2.79. The van der Waals surface area contributed by atoms with Gasteiger partial charge in [-0.2, -0.15) is 12.6 Å². The lowest BCUT2D eigenvalue weighted by Crippen LogP contribution is -1.99. The fourth-order valence-corrected chi connectivity index (χ4v) is 1.95. The predicted molar refractivity (Wildman–Crippen MR) is 70.8 cm³/mol. The Morgan fingerprint density at radius 1 is 1.12 bits per heavy atom. The molecule has 84 valence electrons. The van der Waals surface area contributed by atoms with E-state index in [0.29, 0.717) is 0 Å². The van der Waals surface area contributed by atoms with E-state index in [1.165, 1.54) is 5.56 Å². The van der Waals surface area contributed by atoms with Crippen molar-refractivity contribution in [3.8, 4) is 11.4 Å². The van der Waals surface area contributed by atoms with Crippen molar-refractivity contribution in [3.05, 3.63) is 42.7 Å². The molecule has 0 unspecified atom stereocenters. The maximum Gasteiger partial charge on any atom is 0.139 e. The second-order valence-electron chi connectivity index (χ2n) is 3.74. The molecule has 0 amide bonds. The SMILES string of the molecule is SCCCCn1ccnc1-c1ccccc1. The number of imidazole rings is 1. The Morgan fingerprint density at radius 3 is 2.69 bits per heavy atom. The zero-order valence-corrected chi connectivity index (χ0v) is 10.1. The van der Waals surface area contributed by atoms with E-state index in [-0.39, 0.29) is 0 Å². The molecule has 0 aliphatic heterocycles. The third-order valence-electron chi connectivity index (χ3n) is 2.55. The van der Waals surface area contributed by atoms with Gasteiger partial charge in [0.1, 0.15) is 5.82 Å². The van der Waals surface area contributed by atoms with Gasteiger partial charge in [-0.1, -0.05) is 30.3 Å². The summed E-state index contributed by atoms with van der Waals surface area (Å²) in [6.45, 7) is 1.02. The zero-order valence-electron chi connectivity index (χ0n) is 9.21. The zero-order chi connectivity index (χ0) is 11.2. The summed E-state index contributed by atoms with van der Waals surface area (Å²) in [7, 11) is 0. The molecule has 0 saturated carbocycles. The molecule has 2 aromatic rings. The fourth-order valence-electron chi connectivity index (χ4n) is 1.73. The van der Waals surface area contributed by atoms with E-state index < -0.39 is 0 Å². The number of unbranched alkanes of at least 4 members (excludes halogenated alkanes) is 1. The van der Waals surface area contributed by atoms with Gasteiger partial charge in [0.2, 0.25) is 0 Å². The number of aromatic nitrogens is 2. The second-order valence-corrected chi connectivity index (χ2v) is 4.19. The highest BCUT2D eigenvalue weighted by atomic mass is 32.1. The summed E-state index contributed by atoms with van der Waals surface area (Å²) >= 11 is 4.22. The van der Waals surface area contributed by atoms with Gasteiger partial charge < -0.3 is 4.57 Å². The first-order valence-electron chi connectivity index (χ1n) is 5.59. The standard InChI is InChI=1S/C13H16N2S/c16-11-5-4-9-15-10-8-14-13(15)12-6-2-1-3-7-12/h1-3,6-8,10,16H,4-5,9,11H2. The summed E-state index contributed by atoms with van der Waals surface area (Å²) < 4.78 is 2.21. The van der Waals surface area contributed by atoms with Crippen LogP contribution in [0.3, 0.4) is 0 Å². The van der Waals surface area contributed by atoms with Crippen molar-refractivity contribution < 1.29 is 0 Å². The molecule has 2 rings (SSSR count). The van der Waals surface area contributed by atoms with Crippen LogP contribution in [-0.4, -0.2) is 15.3 Å². The molecule has 1 aromatic heterocycles. The van der Waals surface area contributed by atoms with Crippen molar-refractivity contribution >= 4 is 12.6 Å². The summed E-state index contributed by atoms with van der Waals surface area (Å²) in [5.41, 5.74) is 1.18. The Kier molecular flexibility index (Phi) is 4.05. The van der Waals surface area contributed by atoms with E-state index in [1.54, 1.807) is 0 Å². The van der Waals surface area contributed by atoms with Gasteiger partial charge in [0.25, 0.3) is 0 Å². The van der Waals surface area contributed by atoms with Gasteiger partial charge in [0.15, 0.2) is 0 Å². The smallest absolute Gasteiger partial charge is 0.139 e. The third-order valence-corrected chi connectivity index (χ3v) is 2.87. The number of hydrogen-bond acceptors (Lipinski definition) is 2. The maximum atomic E-state index is 4.41. The van der Waals surface area contributed by atoms with Gasteiger partial charge in [0.05, 0.1) is 0 Å². The molecule has 0 radical (unpaired) electrons. The molecule has 0 aliphatic rings. The first-order chi connectivity index (χ1) is 7.92. The highest BCUT2D eigenvalue weighted by Gasteiger charge is 2.04. The summed E-state index contributed by atoms with van der Waals surface area (Å²) in [5, 5.41) is 0. The van der Waals surface area contributed by atoms with Crippen molar-refractivity contribution in [1.82, 2.24) is 9.55 Å². The van der Waals surface area contributed by atoms with Crippen LogP contribution in [0.15, 0.2) is 42.7 Å². The van der Waals surface area contributed by atoms with Crippen molar-refractivity contribution in [1.29, 1.82) is 0 Å². The molecule has 16 heavy (non-hydrogen) atoms. The van der Waals surface area contributed by atoms with Crippen LogP contribution in [0.4, 0.5) is 0 Å². The number of rotatable bonds is 5. The lowest BCUT2D eigenvalue weighted by atomic mass is 10.2. The lowest BCUT2D eigenvalue weighted by molar-refractivity contribution is 0.640. The van der Waals surface area contributed by atoms with E-state index >= 15 is 0 Å². The van der Waals surface area contributed by atoms with E-state index in [9.17, 15) is 0 Å². The second kappa shape index (κ2) is 5.75. The van der Waals surface area contributed by atoms with Gasteiger partial charge in [-0.05, 0) is 18.6 Å². The molecule has 0 N–H and O–H groups in total. The normalized spacial score (nSPS) is 10.6. The van der Waals surface area contributed by atoms with Crippen molar-refractivity contribution in [2.45, 2.75) is 19.4 Å². The van der Waals surface area contributed by atoms with Gasteiger partial charge in [-0.25, -0.2) is 4.98 Å². The Balaban J connectivity index is 2.13. The molecule has 0 atom stereocenters. The lowest BCUT2D eigenvalue weighted by Gasteiger charge is -2.07. The van der Waals surface area contributed by atoms with Crippen LogP contribution in [0.5, 0.6) is 0 Å². The minimum absolute atomic E-state index is 0.954. The highest BCUT2D eigenvalue weighted by Crippen LogP contribution is 2.17. The Labute approximate surface area is 102 Å². The monoisotopic (exact) mass is 232 g/mol. The molecule has 1 aromatic carbocycles. The first kappa shape index (κ1) is 11.3. The summed E-state index contributed by atoms with van der Waals surface area (Å²) in [6.07, 6.45) is 6.21. The van der Waals surface area contributed by atoms with E-state index in [0.717, 1.165) is 31.0 Å². The van der Waals surface area contributed by atoms with Crippen molar-refractivity contribution in [3.63, 3.8) is 0 Å². The van der Waals surface area contributed by atoms with Gasteiger partial charge in [-0.3, -0.25) is 0 Å². The molecule has 0 saturated heterocycles. The number of nitrogens with zero attached hydrogens (tertiary/aromatic N) is 2. The first-order valence-corrected chi connectivity index (χ1v) is 6.22. The quantitative estimate of drug-likeness (QED) is 0.619. The average molecular weight is 232 g/mol. The van der Waals surface area contributed by atoms with E-state index in [1.807, 2.05) is 30.6 Å². The molecular weight excluding hydrogens is 216 g/mol. The highest BCUT2D eigenvalue weighted by molar-refractivity contribution is 7.80. The number of aryl methyl sites for hydroxylation is 1. The van der Waals surface area contributed by atoms with Gasteiger partial charge >= 0.3 is 0 Å². The number of thiol groups is 1. The summed E-state index contributed by atoms with van der Waals surface area (Å²) in [5.74, 6) is 2.01. The van der Waals surface area contributed by atoms with Crippen LogP contribution < -0.4 is 0 Å². The molecule has 1 heterocycles. The molecule has 2 nitrogen and oxygen atoms in total. The summed E-state index contributed by atoms with van der Waals surface area (Å²) in [4.78, 5) is 4.41. The fraction of sp³-hybridized carbons (Fsp3) is 0.308. The van der Waals surface area contributed by atoms with Crippen LogP contribution in [0.25, 0.3) is 11.4 Å². The third kappa shape index (κ3) is 2.67. The molecule has 0 spiro atoms. The van der Waals surface area contributed by atoms with Gasteiger partial charge in [-0.15, -0.1) is 0 Å².